The summed E-state index contributed by atoms with van der Waals surface area (Å²) < 4.78 is 3.34. The fourth-order valence-electron chi connectivity index (χ4n) is 7.02. The van der Waals surface area contributed by atoms with Gasteiger partial charge in [0.25, 0.3) is 0 Å². The van der Waals surface area contributed by atoms with E-state index in [1.807, 2.05) is 48.5 Å². The fraction of sp³-hybridized carbons (Fsp3) is 0.482. The first-order chi connectivity index (χ1) is 26.2. The summed E-state index contributed by atoms with van der Waals surface area (Å²) in [6.07, 6.45) is 11.4. The van der Waals surface area contributed by atoms with Crippen LogP contribution in [0.4, 0.5) is 0 Å². The van der Waals surface area contributed by atoms with Crippen LogP contribution in [0.25, 0.3) is 11.1 Å². The van der Waals surface area contributed by atoms with Gasteiger partial charge in [-0.3, -0.25) is 6.08 Å². The van der Waals surface area contributed by atoms with Gasteiger partial charge in [0, 0.05) is 0 Å². The molecule has 324 valence electrons. The van der Waals surface area contributed by atoms with Gasteiger partial charge in [-0.1, -0.05) is 172 Å². The summed E-state index contributed by atoms with van der Waals surface area (Å²) in [5, 5.41) is 0. The maximum absolute atomic E-state index is 3.90. The van der Waals surface area contributed by atoms with Gasteiger partial charge in [0.15, 0.2) is 0 Å². The number of rotatable bonds is 2. The Kier molecular flexibility index (Phi) is 22.9. The van der Waals surface area contributed by atoms with E-state index in [2.05, 4.69) is 183 Å². The van der Waals surface area contributed by atoms with Crippen molar-refractivity contribution in [2.75, 3.05) is 0 Å². The number of benzene rings is 4. The molecule has 6 rings (SSSR count). The van der Waals surface area contributed by atoms with Crippen LogP contribution in [0.5, 0.6) is 0 Å². The molecule has 0 saturated carbocycles. The molecule has 1 unspecified atom stereocenters. The molecule has 0 bridgehead atoms. The Bertz CT molecular complexity index is 1800. The average molecular weight is 913 g/mol. The molecule has 0 aliphatic heterocycles. The van der Waals surface area contributed by atoms with Gasteiger partial charge in [-0.2, -0.15) is 101 Å². The monoisotopic (exact) mass is 910 g/mol. The molecule has 0 saturated heterocycles. The third-order valence-electron chi connectivity index (χ3n) is 10.3. The molecule has 0 fully saturated rings. The van der Waals surface area contributed by atoms with Gasteiger partial charge in [-0.05, 0) is 39.4 Å². The number of hydrogen-bond acceptors (Lipinski definition) is 0. The number of aryl methyl sites for hydroxylation is 2. The number of hydrogen-bond donors (Lipinski definition) is 0. The summed E-state index contributed by atoms with van der Waals surface area (Å²) in [4.78, 5) is 0. The third-order valence-corrected chi connectivity index (χ3v) is 10.3. The van der Waals surface area contributed by atoms with E-state index >= 15 is 0 Å². The van der Waals surface area contributed by atoms with Crippen molar-refractivity contribution in [2.45, 2.75) is 166 Å². The topological polar surface area (TPSA) is 0 Å². The van der Waals surface area contributed by atoms with Crippen molar-refractivity contribution in [1.82, 2.24) is 0 Å². The Morgan fingerprint density at radius 2 is 1.02 bits per heavy atom. The van der Waals surface area contributed by atoms with Crippen molar-refractivity contribution >= 4 is 29.0 Å². The summed E-state index contributed by atoms with van der Waals surface area (Å²) in [6.45, 7) is 41.1. The number of fused-ring (bicyclic) bond motifs is 3. The fourth-order valence-corrected chi connectivity index (χ4v) is 7.02. The molecule has 1 atom stereocenters. The Balaban J connectivity index is 0.000000914. The van der Waals surface area contributed by atoms with E-state index in [0.29, 0.717) is 11.3 Å². The van der Waals surface area contributed by atoms with E-state index < -0.39 is 0 Å². The first kappa shape index (κ1) is 56.7. The van der Waals surface area contributed by atoms with Crippen LogP contribution >= 0.6 is 24.8 Å². The quantitative estimate of drug-likeness (QED) is 0.155. The molecular weight excluding hydrogens is 835 g/mol. The molecule has 0 nitrogen and oxygen atoms in total. The summed E-state index contributed by atoms with van der Waals surface area (Å²) in [5.74, 6) is 0.587. The normalized spacial score (nSPS) is 14.1. The summed E-state index contributed by atoms with van der Waals surface area (Å²) >= 11 is 1.30. The second-order valence-corrected chi connectivity index (χ2v) is 20.9. The molecule has 0 radical (unpaired) electrons. The van der Waals surface area contributed by atoms with Crippen molar-refractivity contribution < 1.29 is 24.2 Å². The second-order valence-electron chi connectivity index (χ2n) is 20.9. The van der Waals surface area contributed by atoms with Gasteiger partial charge in [0.2, 0.25) is 0 Å². The van der Waals surface area contributed by atoms with Crippen LogP contribution in [0.15, 0.2) is 84.5 Å². The van der Waals surface area contributed by atoms with E-state index in [0.717, 1.165) is 6.42 Å². The molecule has 3 heteroatoms. The van der Waals surface area contributed by atoms with E-state index in [4.69, 9.17) is 0 Å². The van der Waals surface area contributed by atoms with E-state index in [1.54, 1.807) is 0 Å². The van der Waals surface area contributed by atoms with Gasteiger partial charge in [0.05, 0.1) is 0 Å². The van der Waals surface area contributed by atoms with Gasteiger partial charge in [-0.25, -0.2) is 6.08 Å². The predicted octanol–water partition coefficient (Wildman–Crippen LogP) is 16.4. The number of allylic oxidation sites excluding steroid dienone is 4. The van der Waals surface area contributed by atoms with Gasteiger partial charge >= 0.3 is 28.4 Å². The molecule has 4 aromatic carbocycles. The third kappa shape index (κ3) is 17.5. The molecule has 0 spiro atoms. The van der Waals surface area contributed by atoms with E-state index in [9.17, 15) is 0 Å². The van der Waals surface area contributed by atoms with Crippen LogP contribution in [-0.4, -0.2) is 4.21 Å². The predicted molar refractivity (Wildman–Crippen MR) is 264 cm³/mol. The standard InChI is InChI=1S/C29H41.C12H19.2C7H7.CH2.2ClH.Zr/c1-26(2,3)22-14-18-13-19-15-23(27(4,5)6)25(29(10,11)12)17-21(19)20(18)16-24(22)28(7,8)9;1-5-6-10-7-8-11(9-10)12(2,3)4;2*1-7-5-3-2-4-6-7;;;;/h14,16-17H,13H2,1-12H3;8-10H,5-6H2,1-4H3;2*3-6H,1H3;1H2;2*1H;/q4*-1;;;;. The summed E-state index contributed by atoms with van der Waals surface area (Å²) in [7, 11) is 0. The van der Waals surface area contributed by atoms with Gasteiger partial charge in [0.1, 0.15) is 0 Å². The Morgan fingerprint density at radius 3 is 1.36 bits per heavy atom. The zero-order valence-electron chi connectivity index (χ0n) is 40.2. The molecule has 2 aliphatic carbocycles. The van der Waals surface area contributed by atoms with Crippen LogP contribution in [0.1, 0.15) is 168 Å². The molecule has 0 aromatic heterocycles. The van der Waals surface area contributed by atoms with Crippen molar-refractivity contribution in [1.29, 1.82) is 0 Å². The van der Waals surface area contributed by atoms with Crippen molar-refractivity contribution in [3.63, 3.8) is 0 Å². The van der Waals surface area contributed by atoms with E-state index in [1.165, 1.54) is 98.3 Å². The zero-order chi connectivity index (χ0) is 43.6. The molecular formula is C56H78Cl2Zr-4. The van der Waals surface area contributed by atoms with Crippen molar-refractivity contribution in [3.05, 3.63) is 153 Å². The summed E-state index contributed by atoms with van der Waals surface area (Å²) in [5.41, 5.74) is 16.3. The van der Waals surface area contributed by atoms with Crippen LogP contribution in [0, 0.1) is 49.5 Å². The molecule has 0 amide bonds. The van der Waals surface area contributed by atoms with Crippen molar-refractivity contribution in [3.8, 4) is 11.1 Å². The minimum absolute atomic E-state index is 0. The molecule has 59 heavy (non-hydrogen) atoms. The number of halogens is 2. The van der Waals surface area contributed by atoms with Crippen LogP contribution < -0.4 is 0 Å². The average Bonchev–Trinajstić information content (AvgIpc) is 3.73. The van der Waals surface area contributed by atoms with Crippen LogP contribution in [0.3, 0.4) is 0 Å². The Labute approximate surface area is 391 Å². The van der Waals surface area contributed by atoms with Crippen molar-refractivity contribution in [2.24, 2.45) is 11.3 Å². The molecule has 2 aliphatic rings. The molecule has 0 heterocycles. The zero-order valence-corrected chi connectivity index (χ0v) is 44.3. The van der Waals surface area contributed by atoms with Gasteiger partial charge in [-0.15, -0.1) is 41.5 Å². The molecule has 0 N–H and O–H groups in total. The van der Waals surface area contributed by atoms with Crippen LogP contribution in [-0.2, 0) is 52.3 Å². The molecule has 4 aromatic rings. The second kappa shape index (κ2) is 23.8. The van der Waals surface area contributed by atoms with Gasteiger partial charge < -0.3 is 0 Å². The first-order valence-corrected chi connectivity index (χ1v) is 22.8. The van der Waals surface area contributed by atoms with Crippen LogP contribution in [0.2, 0.25) is 0 Å². The van der Waals surface area contributed by atoms with E-state index in [-0.39, 0.29) is 46.5 Å². The SMILES string of the molecule is CC(C)(C)c1[c-]c2c(cc1C(C)(C)C)-c1cc(C(C)(C)C)c(C(C)(C)C)cc1C2.CCCC1[C-]=CC(C(C)(C)C)=C1.Cc1cc[c-]cc1.Cc1cc[c-]cc1.Cl.Cl.[CH2]=[Zr]. The summed E-state index contributed by atoms with van der Waals surface area (Å²) in [6, 6.07) is 33.0. The Hall–Kier alpha value is -2.31. The maximum atomic E-state index is 3.90. The minimum atomic E-state index is 0. The first-order valence-electron chi connectivity index (χ1n) is 21.0. The Morgan fingerprint density at radius 1 is 0.593 bits per heavy atom.